The van der Waals surface area contributed by atoms with Crippen LogP contribution in [0.4, 0.5) is 0 Å². The summed E-state index contributed by atoms with van der Waals surface area (Å²) in [5.74, 6) is -0.143. The summed E-state index contributed by atoms with van der Waals surface area (Å²) in [7, 11) is 4.26. The van der Waals surface area contributed by atoms with Crippen molar-refractivity contribution in [3.05, 3.63) is 0 Å². The molecule has 1 aliphatic heterocycles. The van der Waals surface area contributed by atoms with Crippen molar-refractivity contribution >= 4 is 5.97 Å². The van der Waals surface area contributed by atoms with Crippen LogP contribution in [0.2, 0.25) is 0 Å². The van der Waals surface area contributed by atoms with Crippen LogP contribution in [0.1, 0.15) is 26.7 Å². The van der Waals surface area contributed by atoms with Crippen molar-refractivity contribution in [3.63, 3.8) is 0 Å². The van der Waals surface area contributed by atoms with Gasteiger partial charge >= 0.3 is 5.97 Å². The number of carbonyl (C=O) groups is 1. The van der Waals surface area contributed by atoms with Gasteiger partial charge in [-0.3, -0.25) is 4.79 Å². The lowest BCUT2D eigenvalue weighted by Crippen LogP contribution is -2.48. The van der Waals surface area contributed by atoms with Gasteiger partial charge < -0.3 is 19.9 Å². The molecule has 0 bridgehead atoms. The lowest BCUT2D eigenvalue weighted by Gasteiger charge is -2.28. The van der Waals surface area contributed by atoms with Gasteiger partial charge in [-0.05, 0) is 47.0 Å². The van der Waals surface area contributed by atoms with Gasteiger partial charge in [0.25, 0.3) is 0 Å². The van der Waals surface area contributed by atoms with Crippen molar-refractivity contribution in [1.82, 2.24) is 15.1 Å². The number of nitrogens with zero attached hydrogens (tertiary/aromatic N) is 2. The van der Waals surface area contributed by atoms with Crippen LogP contribution in [0.3, 0.4) is 0 Å². The third kappa shape index (κ3) is 5.47. The molecule has 0 aromatic heterocycles. The van der Waals surface area contributed by atoms with Crippen molar-refractivity contribution in [2.45, 2.75) is 38.8 Å². The molecule has 2 atom stereocenters. The van der Waals surface area contributed by atoms with Gasteiger partial charge in [-0.15, -0.1) is 0 Å². The number of ether oxygens (including phenoxy) is 1. The Bertz CT molecular complexity index is 273. The molecule has 0 aromatic carbocycles. The van der Waals surface area contributed by atoms with Gasteiger partial charge in [0.2, 0.25) is 0 Å². The zero-order valence-corrected chi connectivity index (χ0v) is 12.8. The van der Waals surface area contributed by atoms with E-state index >= 15 is 0 Å². The van der Waals surface area contributed by atoms with E-state index in [-0.39, 0.29) is 12.0 Å². The molecule has 1 heterocycles. The van der Waals surface area contributed by atoms with Crippen LogP contribution in [-0.2, 0) is 9.53 Å². The fourth-order valence-electron chi connectivity index (χ4n) is 2.67. The molecule has 0 saturated carbocycles. The number of hydrogen-bond acceptors (Lipinski definition) is 5. The normalized spacial score (nSPS) is 21.8. The lowest BCUT2D eigenvalue weighted by atomic mass is 10.2. The summed E-state index contributed by atoms with van der Waals surface area (Å²) in [6.07, 6.45) is 2.54. The smallest absolute Gasteiger partial charge is 0.324 e. The maximum absolute atomic E-state index is 11.8. The van der Waals surface area contributed by atoms with E-state index in [1.807, 2.05) is 13.8 Å². The summed E-state index contributed by atoms with van der Waals surface area (Å²) < 4.78 is 5.11. The van der Waals surface area contributed by atoms with E-state index in [9.17, 15) is 4.79 Å². The highest BCUT2D eigenvalue weighted by atomic mass is 16.5. The van der Waals surface area contributed by atoms with Gasteiger partial charge in [-0.2, -0.15) is 0 Å². The van der Waals surface area contributed by atoms with Gasteiger partial charge in [-0.1, -0.05) is 6.92 Å². The first-order valence-corrected chi connectivity index (χ1v) is 7.37. The maximum atomic E-state index is 11.8. The number of nitrogens with one attached hydrogen (secondary N) is 1. The van der Waals surface area contributed by atoms with E-state index in [0.717, 1.165) is 13.1 Å². The fourth-order valence-corrected chi connectivity index (χ4v) is 2.67. The SMILES string of the molecule is CCNC(CN(C)CC1CCCN1C)C(=O)OCC. The van der Waals surface area contributed by atoms with Crippen LogP contribution in [0.25, 0.3) is 0 Å². The third-order valence-corrected chi connectivity index (χ3v) is 3.71. The molecule has 1 fully saturated rings. The molecule has 0 aliphatic carbocycles. The Kier molecular flexibility index (Phi) is 7.34. The van der Waals surface area contributed by atoms with E-state index in [1.165, 1.54) is 19.4 Å². The Hall–Kier alpha value is -0.650. The van der Waals surface area contributed by atoms with Crippen molar-refractivity contribution in [2.24, 2.45) is 0 Å². The second kappa shape index (κ2) is 8.51. The predicted molar refractivity (Wildman–Crippen MR) is 77.2 cm³/mol. The number of likely N-dealkylation sites (tertiary alicyclic amines) is 1. The number of rotatable bonds is 8. The molecule has 1 aliphatic rings. The minimum atomic E-state index is -0.221. The van der Waals surface area contributed by atoms with E-state index in [0.29, 0.717) is 19.2 Å². The summed E-state index contributed by atoms with van der Waals surface area (Å²) in [5, 5.41) is 3.20. The van der Waals surface area contributed by atoms with E-state index in [1.54, 1.807) is 0 Å². The van der Waals surface area contributed by atoms with Crippen LogP contribution >= 0.6 is 0 Å². The van der Waals surface area contributed by atoms with Gasteiger partial charge in [0, 0.05) is 19.1 Å². The van der Waals surface area contributed by atoms with E-state index in [2.05, 4.69) is 29.2 Å². The molecule has 0 aromatic rings. The zero-order valence-electron chi connectivity index (χ0n) is 12.8. The van der Waals surface area contributed by atoms with Crippen LogP contribution in [0, 0.1) is 0 Å². The van der Waals surface area contributed by atoms with Crippen molar-refractivity contribution in [3.8, 4) is 0 Å². The van der Waals surface area contributed by atoms with Gasteiger partial charge in [-0.25, -0.2) is 0 Å². The van der Waals surface area contributed by atoms with Gasteiger partial charge in [0.05, 0.1) is 6.61 Å². The van der Waals surface area contributed by atoms with Gasteiger partial charge in [0.1, 0.15) is 6.04 Å². The topological polar surface area (TPSA) is 44.8 Å². The number of hydrogen-bond donors (Lipinski definition) is 1. The summed E-state index contributed by atoms with van der Waals surface area (Å²) in [6.45, 7) is 7.98. The molecular formula is C14H29N3O2. The first-order valence-electron chi connectivity index (χ1n) is 7.37. The fraction of sp³-hybridized carbons (Fsp3) is 0.929. The average Bonchev–Trinajstić information content (AvgIpc) is 2.75. The van der Waals surface area contributed by atoms with E-state index < -0.39 is 0 Å². The van der Waals surface area contributed by atoms with Crippen LogP contribution in [-0.4, -0.2) is 74.7 Å². The molecule has 112 valence electrons. The molecule has 2 unspecified atom stereocenters. The second-order valence-corrected chi connectivity index (χ2v) is 5.36. The maximum Gasteiger partial charge on any atom is 0.324 e. The Labute approximate surface area is 117 Å². The first-order chi connectivity index (χ1) is 9.08. The van der Waals surface area contributed by atoms with Crippen molar-refractivity contribution < 1.29 is 9.53 Å². The van der Waals surface area contributed by atoms with Crippen LogP contribution in [0.5, 0.6) is 0 Å². The monoisotopic (exact) mass is 271 g/mol. The molecule has 0 radical (unpaired) electrons. The molecule has 19 heavy (non-hydrogen) atoms. The summed E-state index contributed by atoms with van der Waals surface area (Å²) in [5.41, 5.74) is 0. The second-order valence-electron chi connectivity index (χ2n) is 5.36. The molecule has 5 nitrogen and oxygen atoms in total. The lowest BCUT2D eigenvalue weighted by molar-refractivity contribution is -0.146. The zero-order chi connectivity index (χ0) is 14.3. The molecule has 1 saturated heterocycles. The molecule has 0 spiro atoms. The molecule has 1 rings (SSSR count). The average molecular weight is 271 g/mol. The molecular weight excluding hydrogens is 242 g/mol. The highest BCUT2D eigenvalue weighted by molar-refractivity contribution is 5.76. The standard InChI is InChI=1S/C14H29N3O2/c1-5-15-13(14(18)19-6-2)11-16(3)10-12-8-7-9-17(12)4/h12-13,15H,5-11H2,1-4H3. The number of esters is 1. The third-order valence-electron chi connectivity index (χ3n) is 3.71. The quantitative estimate of drug-likeness (QED) is 0.653. The summed E-state index contributed by atoms with van der Waals surface area (Å²) in [6, 6.07) is 0.399. The Balaban J connectivity index is 2.41. The largest absolute Gasteiger partial charge is 0.465 e. The molecule has 5 heteroatoms. The highest BCUT2D eigenvalue weighted by Crippen LogP contribution is 2.15. The minimum Gasteiger partial charge on any atom is -0.465 e. The predicted octanol–water partition coefficient (Wildman–Crippen LogP) is 0.554. The summed E-state index contributed by atoms with van der Waals surface area (Å²) in [4.78, 5) is 16.5. The van der Waals surface area contributed by atoms with Crippen LogP contribution in [0.15, 0.2) is 0 Å². The highest BCUT2D eigenvalue weighted by Gasteiger charge is 2.25. The Morgan fingerprint density at radius 2 is 2.26 bits per heavy atom. The van der Waals surface area contributed by atoms with Crippen LogP contribution < -0.4 is 5.32 Å². The number of likely N-dealkylation sites (N-methyl/N-ethyl adjacent to an activating group) is 3. The Morgan fingerprint density at radius 3 is 2.79 bits per heavy atom. The van der Waals surface area contributed by atoms with E-state index in [4.69, 9.17) is 4.74 Å². The Morgan fingerprint density at radius 1 is 1.53 bits per heavy atom. The molecule has 1 N–H and O–H groups in total. The first kappa shape index (κ1) is 16.4. The van der Waals surface area contributed by atoms with Crippen molar-refractivity contribution in [2.75, 3.05) is 46.9 Å². The van der Waals surface area contributed by atoms with Crippen molar-refractivity contribution in [1.29, 1.82) is 0 Å². The number of carbonyl (C=O) groups excluding carboxylic acids is 1. The minimum absolute atomic E-state index is 0.143. The summed E-state index contributed by atoms with van der Waals surface area (Å²) >= 11 is 0. The van der Waals surface area contributed by atoms with Gasteiger partial charge in [0.15, 0.2) is 0 Å². The molecule has 0 amide bonds.